The van der Waals surface area contributed by atoms with Crippen molar-refractivity contribution in [3.8, 4) is 5.75 Å². The second kappa shape index (κ2) is 8.85. The van der Waals surface area contributed by atoms with E-state index in [0.717, 1.165) is 24.3 Å². The first-order valence-electron chi connectivity index (χ1n) is 8.58. The van der Waals surface area contributed by atoms with Crippen LogP contribution >= 0.6 is 11.8 Å². The lowest BCUT2D eigenvalue weighted by Gasteiger charge is -2.13. The second-order valence-electron chi connectivity index (χ2n) is 5.93. The number of ether oxygens (including phenoxy) is 1. The highest BCUT2D eigenvalue weighted by Crippen LogP contribution is 2.22. The van der Waals surface area contributed by atoms with Gasteiger partial charge in [-0.3, -0.25) is 14.5 Å². The zero-order chi connectivity index (χ0) is 18.4. The molecule has 0 saturated heterocycles. The minimum absolute atomic E-state index is 0.189. The van der Waals surface area contributed by atoms with Crippen molar-refractivity contribution in [1.82, 2.24) is 4.90 Å². The highest BCUT2D eigenvalue weighted by molar-refractivity contribution is 7.99. The Balaban J connectivity index is 1.29. The summed E-state index contributed by atoms with van der Waals surface area (Å²) in [7, 11) is 0. The summed E-state index contributed by atoms with van der Waals surface area (Å²) in [5.74, 6) is 1.79. The normalized spacial score (nSPS) is 13.2. The van der Waals surface area contributed by atoms with Crippen molar-refractivity contribution in [2.24, 2.45) is 0 Å². The first-order chi connectivity index (χ1) is 12.7. The highest BCUT2D eigenvalue weighted by Gasteiger charge is 2.34. The smallest absolute Gasteiger partial charge is 0.261 e. The molecule has 0 unspecified atom stereocenters. The van der Waals surface area contributed by atoms with Gasteiger partial charge in [0.25, 0.3) is 11.8 Å². The molecule has 136 valence electrons. The van der Waals surface area contributed by atoms with E-state index in [-0.39, 0.29) is 17.6 Å². The molecule has 0 fully saturated rings. The lowest BCUT2D eigenvalue weighted by Crippen LogP contribution is -2.30. The van der Waals surface area contributed by atoms with Crippen molar-refractivity contribution < 1.29 is 18.7 Å². The van der Waals surface area contributed by atoms with Crippen molar-refractivity contribution in [3.05, 3.63) is 65.5 Å². The molecule has 2 aromatic rings. The van der Waals surface area contributed by atoms with Gasteiger partial charge in [0.05, 0.1) is 17.7 Å². The molecule has 0 atom stereocenters. The Kier molecular flexibility index (Phi) is 6.28. The van der Waals surface area contributed by atoms with Gasteiger partial charge in [0.1, 0.15) is 11.6 Å². The standard InChI is InChI=1S/C20H20FNO3S/c21-15-7-9-16(10-8-15)25-12-14-26-13-4-3-11-22-19(23)17-5-1-2-6-18(17)20(22)24/h1-2,5-10H,3-4,11-14H2. The maximum atomic E-state index is 12.8. The van der Waals surface area contributed by atoms with Gasteiger partial charge in [0, 0.05) is 12.3 Å². The number of fused-ring (bicyclic) bond motifs is 1. The molecule has 26 heavy (non-hydrogen) atoms. The summed E-state index contributed by atoms with van der Waals surface area (Å²) in [6, 6.07) is 12.9. The number of benzene rings is 2. The van der Waals surface area contributed by atoms with Crippen molar-refractivity contribution in [3.63, 3.8) is 0 Å². The molecule has 1 heterocycles. The molecule has 0 aromatic heterocycles. The van der Waals surface area contributed by atoms with Crippen LogP contribution in [-0.2, 0) is 0 Å². The number of halogens is 1. The van der Waals surface area contributed by atoms with Crippen LogP contribution in [0.3, 0.4) is 0 Å². The largest absolute Gasteiger partial charge is 0.493 e. The van der Waals surface area contributed by atoms with Gasteiger partial charge in [-0.05, 0) is 55.0 Å². The Bertz CT molecular complexity index is 744. The summed E-state index contributed by atoms with van der Waals surface area (Å²) in [5, 5.41) is 0. The molecule has 0 saturated carbocycles. The van der Waals surface area contributed by atoms with Gasteiger partial charge in [0.15, 0.2) is 0 Å². The molecule has 3 rings (SSSR count). The van der Waals surface area contributed by atoms with E-state index < -0.39 is 0 Å². The number of rotatable bonds is 9. The predicted octanol–water partition coefficient (Wildman–Crippen LogP) is 4.01. The van der Waals surface area contributed by atoms with Crippen LogP contribution < -0.4 is 4.74 Å². The van der Waals surface area contributed by atoms with E-state index >= 15 is 0 Å². The van der Waals surface area contributed by atoms with Gasteiger partial charge in [-0.1, -0.05) is 12.1 Å². The van der Waals surface area contributed by atoms with Crippen LogP contribution in [0.15, 0.2) is 48.5 Å². The molecule has 0 radical (unpaired) electrons. The summed E-state index contributed by atoms with van der Waals surface area (Å²) in [5.41, 5.74) is 1.01. The van der Waals surface area contributed by atoms with Crippen LogP contribution in [0.2, 0.25) is 0 Å². The zero-order valence-electron chi connectivity index (χ0n) is 14.3. The maximum absolute atomic E-state index is 12.8. The SMILES string of the molecule is O=C1c2ccccc2C(=O)N1CCCCSCCOc1ccc(F)cc1. The number of carbonyl (C=O) groups excluding carboxylic acids is 2. The molecule has 2 aromatic carbocycles. The summed E-state index contributed by atoms with van der Waals surface area (Å²) in [6.45, 7) is 1.02. The fraction of sp³-hybridized carbons (Fsp3) is 0.300. The van der Waals surface area contributed by atoms with Crippen LogP contribution in [0.4, 0.5) is 4.39 Å². The van der Waals surface area contributed by atoms with Crippen LogP contribution in [0.1, 0.15) is 33.6 Å². The second-order valence-corrected chi connectivity index (χ2v) is 7.15. The molecule has 1 aliphatic heterocycles. The quantitative estimate of drug-likeness (QED) is 0.492. The molecule has 0 bridgehead atoms. The van der Waals surface area contributed by atoms with E-state index in [1.54, 1.807) is 48.2 Å². The summed E-state index contributed by atoms with van der Waals surface area (Å²) < 4.78 is 18.3. The molecular weight excluding hydrogens is 353 g/mol. The first-order valence-corrected chi connectivity index (χ1v) is 9.73. The van der Waals surface area contributed by atoms with Crippen LogP contribution in [0.25, 0.3) is 0 Å². The fourth-order valence-electron chi connectivity index (χ4n) is 2.77. The highest BCUT2D eigenvalue weighted by atomic mass is 32.2. The molecular formula is C20H20FNO3S. The van der Waals surface area contributed by atoms with E-state index in [1.807, 2.05) is 0 Å². The molecule has 2 amide bonds. The van der Waals surface area contributed by atoms with Crippen LogP contribution in [0.5, 0.6) is 5.75 Å². The third kappa shape index (κ3) is 4.43. The van der Waals surface area contributed by atoms with Gasteiger partial charge in [-0.2, -0.15) is 11.8 Å². The number of unbranched alkanes of at least 4 members (excludes halogenated alkanes) is 1. The molecule has 0 spiro atoms. The van der Waals surface area contributed by atoms with E-state index in [9.17, 15) is 14.0 Å². The maximum Gasteiger partial charge on any atom is 0.261 e. The number of carbonyl (C=O) groups is 2. The Morgan fingerprint density at radius 1 is 0.885 bits per heavy atom. The van der Waals surface area contributed by atoms with Gasteiger partial charge < -0.3 is 4.74 Å². The van der Waals surface area contributed by atoms with Gasteiger partial charge in [0.2, 0.25) is 0 Å². The Hall–Kier alpha value is -2.34. The van der Waals surface area contributed by atoms with Crippen molar-refractivity contribution >= 4 is 23.6 Å². The van der Waals surface area contributed by atoms with Crippen LogP contribution in [-0.4, -0.2) is 41.4 Å². The van der Waals surface area contributed by atoms with Crippen molar-refractivity contribution in [1.29, 1.82) is 0 Å². The van der Waals surface area contributed by atoms with E-state index in [1.165, 1.54) is 17.0 Å². The molecule has 1 aliphatic rings. The number of amides is 2. The van der Waals surface area contributed by atoms with Gasteiger partial charge >= 0.3 is 0 Å². The molecule has 0 N–H and O–H groups in total. The third-order valence-corrected chi connectivity index (χ3v) is 5.14. The zero-order valence-corrected chi connectivity index (χ0v) is 15.1. The number of nitrogens with zero attached hydrogens (tertiary/aromatic N) is 1. The summed E-state index contributed by atoms with van der Waals surface area (Å²) in [4.78, 5) is 25.8. The van der Waals surface area contributed by atoms with Gasteiger partial charge in [-0.25, -0.2) is 4.39 Å². The summed E-state index contributed by atoms with van der Waals surface area (Å²) in [6.07, 6.45) is 1.71. The molecule has 6 heteroatoms. The average molecular weight is 373 g/mol. The Labute approximate surface area is 156 Å². The average Bonchev–Trinajstić information content (AvgIpc) is 2.90. The van der Waals surface area contributed by atoms with E-state index in [2.05, 4.69) is 0 Å². The fourth-order valence-corrected chi connectivity index (χ4v) is 3.58. The van der Waals surface area contributed by atoms with Crippen molar-refractivity contribution in [2.75, 3.05) is 24.7 Å². The number of thioether (sulfide) groups is 1. The Morgan fingerprint density at radius 3 is 2.19 bits per heavy atom. The summed E-state index contributed by atoms with van der Waals surface area (Å²) >= 11 is 1.76. The lowest BCUT2D eigenvalue weighted by molar-refractivity contribution is 0.0652. The third-order valence-electron chi connectivity index (χ3n) is 4.11. The predicted molar refractivity (Wildman–Crippen MR) is 100 cm³/mol. The minimum Gasteiger partial charge on any atom is -0.493 e. The monoisotopic (exact) mass is 373 g/mol. The van der Waals surface area contributed by atoms with E-state index in [0.29, 0.717) is 30.0 Å². The van der Waals surface area contributed by atoms with Gasteiger partial charge in [-0.15, -0.1) is 0 Å². The van der Waals surface area contributed by atoms with Crippen LogP contribution in [0, 0.1) is 5.82 Å². The topological polar surface area (TPSA) is 46.6 Å². The lowest BCUT2D eigenvalue weighted by atomic mass is 10.1. The Morgan fingerprint density at radius 2 is 1.54 bits per heavy atom. The van der Waals surface area contributed by atoms with Crippen molar-refractivity contribution in [2.45, 2.75) is 12.8 Å². The number of hydrogen-bond acceptors (Lipinski definition) is 4. The molecule has 4 nitrogen and oxygen atoms in total. The number of imide groups is 1. The van der Waals surface area contributed by atoms with E-state index in [4.69, 9.17) is 4.74 Å². The number of hydrogen-bond donors (Lipinski definition) is 0. The molecule has 0 aliphatic carbocycles. The first kappa shape index (κ1) is 18.5. The minimum atomic E-state index is -0.273.